The summed E-state index contributed by atoms with van der Waals surface area (Å²) in [5.74, 6) is -0.242. The molecule has 0 aliphatic carbocycles. The van der Waals surface area contributed by atoms with E-state index in [4.69, 9.17) is 18.3 Å². The summed E-state index contributed by atoms with van der Waals surface area (Å²) >= 11 is 3.22. The Morgan fingerprint density at radius 1 is 1.20 bits per heavy atom. The van der Waals surface area contributed by atoms with Crippen LogP contribution in [0.3, 0.4) is 0 Å². The number of fused-ring (bicyclic) bond motifs is 1. The summed E-state index contributed by atoms with van der Waals surface area (Å²) in [5.41, 5.74) is 0.00619. The van der Waals surface area contributed by atoms with Crippen LogP contribution in [0.5, 0.6) is 5.75 Å². The lowest BCUT2D eigenvalue weighted by molar-refractivity contribution is -0.150. The molecule has 2 aromatic heterocycles. The zero-order valence-corrected chi connectivity index (χ0v) is 15.2. The van der Waals surface area contributed by atoms with Crippen molar-refractivity contribution in [1.29, 1.82) is 0 Å². The molecule has 0 saturated carbocycles. The third-order valence-corrected chi connectivity index (χ3v) is 3.89. The van der Waals surface area contributed by atoms with E-state index in [0.717, 1.165) is 0 Å². The highest BCUT2D eigenvalue weighted by Gasteiger charge is 2.25. The number of halogens is 1. The largest absolute Gasteiger partial charge is 0.471 e. The highest BCUT2D eigenvalue weighted by atomic mass is 79.9. The van der Waals surface area contributed by atoms with E-state index in [1.165, 1.54) is 6.92 Å². The Morgan fingerprint density at radius 3 is 2.64 bits per heavy atom. The van der Waals surface area contributed by atoms with Crippen molar-refractivity contribution >= 4 is 32.9 Å². The van der Waals surface area contributed by atoms with Gasteiger partial charge in [0.15, 0.2) is 16.5 Å². The number of ether oxygens (including phenoxy) is 2. The van der Waals surface area contributed by atoms with Crippen molar-refractivity contribution < 1.29 is 23.1 Å². The minimum absolute atomic E-state index is 0.0962. The fourth-order valence-corrected chi connectivity index (χ4v) is 2.62. The van der Waals surface area contributed by atoms with Crippen LogP contribution < -0.4 is 10.2 Å². The first kappa shape index (κ1) is 17.3. The highest BCUT2D eigenvalue weighted by molar-refractivity contribution is 9.10. The molecule has 3 rings (SSSR count). The number of carbonyl (C=O) groups excluding carboxylic acids is 1. The van der Waals surface area contributed by atoms with Crippen molar-refractivity contribution in [1.82, 2.24) is 0 Å². The molecule has 3 aromatic rings. The first-order valence-electron chi connectivity index (χ1n) is 7.66. The van der Waals surface area contributed by atoms with Crippen LogP contribution in [0.4, 0.5) is 0 Å². The molecule has 0 N–H and O–H groups in total. The van der Waals surface area contributed by atoms with Gasteiger partial charge in [-0.2, -0.15) is 0 Å². The molecule has 0 bridgehead atoms. The number of furan rings is 1. The standard InChI is InChI=1S/C18H15BrO6/c1-3-22-18(21)10(2)23-17-15(20)11-6-4-5-7-12(11)25-16(17)13-8-9-14(19)24-13/h4-10H,3H2,1-2H3. The first-order valence-corrected chi connectivity index (χ1v) is 8.45. The SMILES string of the molecule is CCOC(=O)C(C)Oc1c(-c2ccc(Br)o2)oc2ccccc2c1=O. The Labute approximate surface area is 151 Å². The fraction of sp³-hybridized carbons (Fsp3) is 0.222. The van der Waals surface area contributed by atoms with Gasteiger partial charge in [-0.3, -0.25) is 4.79 Å². The minimum Gasteiger partial charge on any atom is -0.471 e. The number of hydrogen-bond donors (Lipinski definition) is 0. The maximum atomic E-state index is 12.9. The monoisotopic (exact) mass is 406 g/mol. The zero-order chi connectivity index (χ0) is 18.0. The van der Waals surface area contributed by atoms with E-state index in [1.54, 1.807) is 43.3 Å². The zero-order valence-electron chi connectivity index (χ0n) is 13.6. The molecule has 0 radical (unpaired) electrons. The maximum Gasteiger partial charge on any atom is 0.347 e. The van der Waals surface area contributed by atoms with E-state index >= 15 is 0 Å². The number of para-hydroxylation sites is 1. The summed E-state index contributed by atoms with van der Waals surface area (Å²) in [5, 5.41) is 0.350. The van der Waals surface area contributed by atoms with Crippen LogP contribution in [0.2, 0.25) is 0 Å². The molecule has 0 amide bonds. The average Bonchev–Trinajstić information content (AvgIpc) is 3.03. The molecule has 0 aliphatic heterocycles. The smallest absolute Gasteiger partial charge is 0.347 e. The molecule has 7 heteroatoms. The van der Waals surface area contributed by atoms with Gasteiger partial charge in [-0.05, 0) is 54.0 Å². The van der Waals surface area contributed by atoms with E-state index in [1.807, 2.05) is 0 Å². The predicted octanol–water partition coefficient (Wildman–Crippen LogP) is 4.15. The second kappa shape index (κ2) is 7.14. The summed E-state index contributed by atoms with van der Waals surface area (Å²) in [7, 11) is 0. The minimum atomic E-state index is -0.971. The maximum absolute atomic E-state index is 12.9. The molecule has 130 valence electrons. The van der Waals surface area contributed by atoms with Crippen LogP contribution in [0.15, 0.2) is 54.7 Å². The quantitative estimate of drug-likeness (QED) is 0.592. The van der Waals surface area contributed by atoms with Gasteiger partial charge in [-0.25, -0.2) is 4.79 Å². The average molecular weight is 407 g/mol. The van der Waals surface area contributed by atoms with Gasteiger partial charge in [0.1, 0.15) is 5.58 Å². The normalized spacial score (nSPS) is 12.1. The molecule has 0 spiro atoms. The lowest BCUT2D eigenvalue weighted by Crippen LogP contribution is -2.28. The van der Waals surface area contributed by atoms with Crippen LogP contribution in [-0.4, -0.2) is 18.7 Å². The second-order valence-corrected chi connectivity index (χ2v) is 5.98. The van der Waals surface area contributed by atoms with Gasteiger partial charge in [-0.15, -0.1) is 0 Å². The highest BCUT2D eigenvalue weighted by Crippen LogP contribution is 2.33. The molecule has 0 fully saturated rings. The van der Waals surface area contributed by atoms with Crippen molar-refractivity contribution in [3.63, 3.8) is 0 Å². The van der Waals surface area contributed by atoms with E-state index < -0.39 is 12.1 Å². The Balaban J connectivity index is 2.15. The molecule has 0 aliphatic rings. The van der Waals surface area contributed by atoms with Crippen molar-refractivity contribution in [2.75, 3.05) is 6.61 Å². The molecule has 1 atom stereocenters. The lowest BCUT2D eigenvalue weighted by atomic mass is 10.2. The Morgan fingerprint density at radius 2 is 1.96 bits per heavy atom. The summed E-state index contributed by atoms with van der Waals surface area (Å²) in [4.78, 5) is 24.7. The number of esters is 1. The van der Waals surface area contributed by atoms with Crippen molar-refractivity contribution in [2.24, 2.45) is 0 Å². The predicted molar refractivity (Wildman–Crippen MR) is 94.6 cm³/mol. The van der Waals surface area contributed by atoms with Crippen LogP contribution in [-0.2, 0) is 9.53 Å². The molecule has 0 saturated heterocycles. The molecule has 2 heterocycles. The summed E-state index contributed by atoms with van der Waals surface area (Å²) in [6.07, 6.45) is -0.971. The van der Waals surface area contributed by atoms with Crippen LogP contribution >= 0.6 is 15.9 Å². The lowest BCUT2D eigenvalue weighted by Gasteiger charge is -2.15. The van der Waals surface area contributed by atoms with Crippen molar-refractivity contribution in [2.45, 2.75) is 20.0 Å². The van der Waals surface area contributed by atoms with Gasteiger partial charge in [0.25, 0.3) is 0 Å². The van der Waals surface area contributed by atoms with Gasteiger partial charge in [-0.1, -0.05) is 12.1 Å². The fourth-order valence-electron chi connectivity index (χ4n) is 2.32. The number of benzene rings is 1. The van der Waals surface area contributed by atoms with E-state index in [0.29, 0.717) is 21.4 Å². The van der Waals surface area contributed by atoms with E-state index in [-0.39, 0.29) is 23.5 Å². The first-order chi connectivity index (χ1) is 12.0. The summed E-state index contributed by atoms with van der Waals surface area (Å²) < 4.78 is 22.3. The van der Waals surface area contributed by atoms with Crippen molar-refractivity contribution in [3.05, 3.63) is 51.3 Å². The van der Waals surface area contributed by atoms with Gasteiger partial charge < -0.3 is 18.3 Å². The van der Waals surface area contributed by atoms with Crippen LogP contribution in [0.1, 0.15) is 13.8 Å². The van der Waals surface area contributed by atoms with Gasteiger partial charge in [0.05, 0.1) is 12.0 Å². The number of rotatable bonds is 5. The summed E-state index contributed by atoms with van der Waals surface area (Å²) in [6.45, 7) is 3.42. The van der Waals surface area contributed by atoms with Crippen LogP contribution in [0.25, 0.3) is 22.5 Å². The van der Waals surface area contributed by atoms with E-state index in [9.17, 15) is 9.59 Å². The second-order valence-electron chi connectivity index (χ2n) is 5.20. The molecular formula is C18H15BrO6. The third-order valence-electron chi connectivity index (χ3n) is 3.47. The van der Waals surface area contributed by atoms with E-state index in [2.05, 4.69) is 15.9 Å². The number of hydrogen-bond acceptors (Lipinski definition) is 6. The molecule has 25 heavy (non-hydrogen) atoms. The van der Waals surface area contributed by atoms with Crippen molar-refractivity contribution in [3.8, 4) is 17.3 Å². The Bertz CT molecular complexity index is 971. The Kier molecular flexibility index (Phi) is 4.94. The summed E-state index contributed by atoms with van der Waals surface area (Å²) in [6, 6.07) is 10.1. The molecule has 6 nitrogen and oxygen atoms in total. The third kappa shape index (κ3) is 3.46. The van der Waals surface area contributed by atoms with Gasteiger partial charge >= 0.3 is 5.97 Å². The topological polar surface area (TPSA) is 78.9 Å². The van der Waals surface area contributed by atoms with Gasteiger partial charge in [0.2, 0.25) is 16.9 Å². The molecule has 1 aromatic carbocycles. The van der Waals surface area contributed by atoms with Gasteiger partial charge in [0, 0.05) is 0 Å². The Hall–Kier alpha value is -2.54. The molecular weight excluding hydrogens is 392 g/mol. The number of carbonyl (C=O) groups is 1. The molecule has 1 unspecified atom stereocenters. The van der Waals surface area contributed by atoms with Crippen LogP contribution in [0, 0.1) is 0 Å².